The summed E-state index contributed by atoms with van der Waals surface area (Å²) < 4.78 is 0. The van der Waals surface area contributed by atoms with Gasteiger partial charge in [0.25, 0.3) is 0 Å². The van der Waals surface area contributed by atoms with E-state index >= 15 is 0 Å². The van der Waals surface area contributed by atoms with Crippen LogP contribution in [0.2, 0.25) is 0 Å². The molecule has 5 heteroatoms. The number of pyridine rings is 2. The highest BCUT2D eigenvalue weighted by atomic mass is 16.3. The van der Waals surface area contributed by atoms with Gasteiger partial charge in [0.2, 0.25) is 0 Å². The molecule has 5 rings (SSSR count). The second kappa shape index (κ2) is 5.77. The summed E-state index contributed by atoms with van der Waals surface area (Å²) in [6.45, 7) is 0.253. The highest BCUT2D eigenvalue weighted by Crippen LogP contribution is 2.58. The molecule has 0 aromatic carbocycles. The van der Waals surface area contributed by atoms with E-state index in [0.717, 1.165) is 35.6 Å². The fraction of sp³-hybridized carbons (Fsp3) is 0.350. The van der Waals surface area contributed by atoms with E-state index < -0.39 is 0 Å². The number of hydrazone groups is 1. The van der Waals surface area contributed by atoms with Crippen molar-refractivity contribution in [2.45, 2.75) is 12.8 Å². The summed E-state index contributed by atoms with van der Waals surface area (Å²) >= 11 is 0. The summed E-state index contributed by atoms with van der Waals surface area (Å²) in [6.07, 6.45) is 5.82. The summed E-state index contributed by atoms with van der Waals surface area (Å²) in [5.74, 6) is 1.55. The maximum Gasteiger partial charge on any atom is 0.0938 e. The topological polar surface area (TPSA) is 70.4 Å². The molecule has 2 N–H and O–H groups in total. The molecule has 2 aromatic rings. The average Bonchev–Trinajstić information content (AvgIpc) is 3.28. The molecule has 3 heterocycles. The van der Waals surface area contributed by atoms with Crippen molar-refractivity contribution in [1.82, 2.24) is 15.4 Å². The van der Waals surface area contributed by atoms with Gasteiger partial charge in [-0.05, 0) is 60.4 Å². The number of aliphatic hydroxyl groups excluding tert-OH is 1. The molecule has 0 radical (unpaired) electrons. The number of aromatic nitrogens is 2. The van der Waals surface area contributed by atoms with E-state index in [0.29, 0.717) is 17.8 Å². The molecule has 0 unspecified atom stereocenters. The molecule has 2 aliphatic carbocycles. The Morgan fingerprint density at radius 2 is 1.76 bits per heavy atom. The molecular weight excluding hydrogens is 312 g/mol. The fourth-order valence-corrected chi connectivity index (χ4v) is 4.92. The monoisotopic (exact) mass is 332 g/mol. The van der Waals surface area contributed by atoms with Crippen LogP contribution in [0.1, 0.15) is 24.2 Å². The number of hydrogen-bond donors (Lipinski definition) is 2. The molecule has 4 atom stereocenters. The van der Waals surface area contributed by atoms with E-state index in [1.165, 1.54) is 5.57 Å². The van der Waals surface area contributed by atoms with Crippen LogP contribution >= 0.6 is 0 Å². The Balaban J connectivity index is 1.63. The van der Waals surface area contributed by atoms with Gasteiger partial charge in [-0.25, -0.2) is 0 Å². The van der Waals surface area contributed by atoms with Crippen LogP contribution in [0.3, 0.4) is 0 Å². The van der Waals surface area contributed by atoms with Crippen LogP contribution in [0.4, 0.5) is 0 Å². The number of fused-ring (bicyclic) bond motifs is 5. The zero-order valence-corrected chi connectivity index (χ0v) is 13.8. The number of nitrogens with one attached hydrogen (secondary N) is 1. The SMILES string of the molecule is OC[C@H]1C[C@H]2C[C@@H]1C1=C(c3ccccn3)NN=C(c3ccccn3)[C@@H]12. The van der Waals surface area contributed by atoms with Crippen molar-refractivity contribution in [2.75, 3.05) is 6.61 Å². The fourth-order valence-electron chi connectivity index (χ4n) is 4.92. The number of rotatable bonds is 3. The van der Waals surface area contributed by atoms with Crippen molar-refractivity contribution >= 4 is 11.4 Å². The molecule has 0 saturated heterocycles. The van der Waals surface area contributed by atoms with Gasteiger partial charge in [-0.15, -0.1) is 0 Å². The Morgan fingerprint density at radius 3 is 2.44 bits per heavy atom. The summed E-state index contributed by atoms with van der Waals surface area (Å²) in [5, 5.41) is 14.5. The average molecular weight is 332 g/mol. The number of allylic oxidation sites excluding steroid dienone is 1. The first-order valence-corrected chi connectivity index (χ1v) is 8.88. The van der Waals surface area contributed by atoms with E-state index in [1.807, 2.05) is 48.8 Å². The Bertz CT molecular complexity index is 847. The number of hydrogen-bond acceptors (Lipinski definition) is 5. The molecule has 2 aromatic heterocycles. The van der Waals surface area contributed by atoms with Crippen molar-refractivity contribution in [3.63, 3.8) is 0 Å². The molecule has 0 amide bonds. The summed E-state index contributed by atoms with van der Waals surface area (Å²) in [5.41, 5.74) is 8.55. The van der Waals surface area contributed by atoms with Gasteiger partial charge < -0.3 is 5.11 Å². The van der Waals surface area contributed by atoms with Gasteiger partial charge in [-0.2, -0.15) is 5.10 Å². The van der Waals surface area contributed by atoms with Crippen LogP contribution in [0.25, 0.3) is 5.70 Å². The van der Waals surface area contributed by atoms with Gasteiger partial charge in [-0.3, -0.25) is 15.4 Å². The Labute approximate surface area is 146 Å². The summed E-state index contributed by atoms with van der Waals surface area (Å²) in [7, 11) is 0. The zero-order valence-electron chi connectivity index (χ0n) is 13.8. The standard InChI is InChI=1S/C20H20N4O/c25-11-13-9-12-10-14(13)18-17(12)19(15-5-1-3-7-21-15)23-24-20(18)16-6-2-4-8-22-16/h1-8,12-14,17,24-25H,9-11H2/t12-,13+,14-,17+/m0/s1. The molecule has 2 fully saturated rings. The Hall–Kier alpha value is -2.53. The smallest absolute Gasteiger partial charge is 0.0938 e. The molecule has 5 nitrogen and oxygen atoms in total. The third-order valence-corrected chi connectivity index (χ3v) is 5.89. The molecule has 126 valence electrons. The summed E-state index contributed by atoms with van der Waals surface area (Å²) in [6, 6.07) is 11.9. The Kier molecular flexibility index (Phi) is 3.41. The number of nitrogens with zero attached hydrogens (tertiary/aromatic N) is 3. The van der Waals surface area contributed by atoms with Crippen LogP contribution in [0, 0.1) is 23.7 Å². The maximum absolute atomic E-state index is 9.82. The molecule has 0 spiro atoms. The van der Waals surface area contributed by atoms with Crippen LogP contribution in [-0.4, -0.2) is 27.4 Å². The predicted octanol–water partition coefficient (Wildman–Crippen LogP) is 2.46. The van der Waals surface area contributed by atoms with Gasteiger partial charge in [0.1, 0.15) is 0 Å². The van der Waals surface area contributed by atoms with Gasteiger partial charge in [0.15, 0.2) is 0 Å². The second-order valence-corrected chi connectivity index (χ2v) is 7.13. The minimum atomic E-state index is 0.253. The quantitative estimate of drug-likeness (QED) is 0.906. The maximum atomic E-state index is 9.82. The van der Waals surface area contributed by atoms with E-state index in [4.69, 9.17) is 5.10 Å². The molecule has 25 heavy (non-hydrogen) atoms. The van der Waals surface area contributed by atoms with Crippen LogP contribution in [0.5, 0.6) is 0 Å². The first-order chi connectivity index (χ1) is 12.4. The number of aliphatic hydroxyl groups is 1. The molecule has 2 bridgehead atoms. The lowest BCUT2D eigenvalue weighted by molar-refractivity contribution is 0.191. The van der Waals surface area contributed by atoms with Crippen molar-refractivity contribution in [3.05, 3.63) is 65.8 Å². The zero-order chi connectivity index (χ0) is 16.8. The van der Waals surface area contributed by atoms with Gasteiger partial charge in [-0.1, -0.05) is 12.1 Å². The lowest BCUT2D eigenvalue weighted by Crippen LogP contribution is -2.36. The van der Waals surface area contributed by atoms with E-state index in [1.54, 1.807) is 0 Å². The molecule has 3 aliphatic rings. The first kappa shape index (κ1) is 14.8. The van der Waals surface area contributed by atoms with Crippen molar-refractivity contribution in [3.8, 4) is 0 Å². The van der Waals surface area contributed by atoms with E-state index in [-0.39, 0.29) is 12.5 Å². The van der Waals surface area contributed by atoms with Crippen LogP contribution in [-0.2, 0) is 0 Å². The molecule has 1 aliphatic heterocycles. The van der Waals surface area contributed by atoms with Crippen molar-refractivity contribution < 1.29 is 5.11 Å². The van der Waals surface area contributed by atoms with Crippen LogP contribution in [0.15, 0.2) is 59.5 Å². The second-order valence-electron chi connectivity index (χ2n) is 7.13. The molecule has 2 saturated carbocycles. The van der Waals surface area contributed by atoms with Crippen LogP contribution < -0.4 is 5.43 Å². The van der Waals surface area contributed by atoms with Crippen molar-refractivity contribution in [1.29, 1.82) is 0 Å². The minimum absolute atomic E-state index is 0.253. The largest absolute Gasteiger partial charge is 0.396 e. The first-order valence-electron chi connectivity index (χ1n) is 8.88. The van der Waals surface area contributed by atoms with E-state index in [2.05, 4.69) is 15.4 Å². The summed E-state index contributed by atoms with van der Waals surface area (Å²) in [4.78, 5) is 9.05. The highest BCUT2D eigenvalue weighted by Gasteiger charge is 2.53. The Morgan fingerprint density at radius 1 is 1.00 bits per heavy atom. The third-order valence-electron chi connectivity index (χ3n) is 5.89. The lowest BCUT2D eigenvalue weighted by Gasteiger charge is -2.35. The minimum Gasteiger partial charge on any atom is -0.396 e. The van der Waals surface area contributed by atoms with Gasteiger partial charge >= 0.3 is 0 Å². The molecular formula is C20H20N4O. The van der Waals surface area contributed by atoms with Crippen molar-refractivity contribution in [2.24, 2.45) is 28.8 Å². The predicted molar refractivity (Wildman–Crippen MR) is 95.3 cm³/mol. The highest BCUT2D eigenvalue weighted by molar-refractivity contribution is 6.05. The lowest BCUT2D eigenvalue weighted by atomic mass is 9.74. The van der Waals surface area contributed by atoms with Gasteiger partial charge in [0, 0.05) is 24.9 Å². The third kappa shape index (κ3) is 2.23. The normalized spacial score (nSPS) is 30.0. The van der Waals surface area contributed by atoms with Gasteiger partial charge in [0.05, 0.1) is 22.8 Å². The van der Waals surface area contributed by atoms with E-state index in [9.17, 15) is 5.11 Å².